The molecule has 2 heterocycles. The minimum atomic E-state index is -0.565. The Morgan fingerprint density at radius 3 is 2.44 bits per heavy atom. The van der Waals surface area contributed by atoms with Crippen molar-refractivity contribution in [1.29, 1.82) is 0 Å². The highest BCUT2D eigenvalue weighted by Crippen LogP contribution is 2.27. The smallest absolute Gasteiger partial charge is 0.0912 e. The van der Waals surface area contributed by atoms with Gasteiger partial charge in [0.05, 0.1) is 12.1 Å². The maximum atomic E-state index is 11.1. The van der Waals surface area contributed by atoms with Crippen molar-refractivity contribution in [2.24, 2.45) is 0 Å². The van der Waals surface area contributed by atoms with Crippen LogP contribution in [0, 0.1) is 0 Å². The van der Waals surface area contributed by atoms with E-state index in [1.165, 1.54) is 5.39 Å². The third kappa shape index (κ3) is 3.92. The van der Waals surface area contributed by atoms with Crippen molar-refractivity contribution in [3.05, 3.63) is 103 Å². The molecule has 4 nitrogen and oxygen atoms in total. The molecule has 2 aromatic carbocycles. The van der Waals surface area contributed by atoms with Crippen molar-refractivity contribution in [3.8, 4) is 0 Å². The van der Waals surface area contributed by atoms with Gasteiger partial charge in [0, 0.05) is 37.2 Å². The van der Waals surface area contributed by atoms with Crippen LogP contribution in [0.5, 0.6) is 0 Å². The van der Waals surface area contributed by atoms with Crippen LogP contribution in [0.15, 0.2) is 91.4 Å². The van der Waals surface area contributed by atoms with Crippen LogP contribution in [0.2, 0.25) is 0 Å². The lowest BCUT2D eigenvalue weighted by Gasteiger charge is -2.26. The van der Waals surface area contributed by atoms with Crippen molar-refractivity contribution >= 4 is 10.9 Å². The van der Waals surface area contributed by atoms with E-state index in [9.17, 15) is 5.11 Å². The predicted molar refractivity (Wildman–Crippen MR) is 108 cm³/mol. The van der Waals surface area contributed by atoms with E-state index < -0.39 is 6.10 Å². The Bertz CT molecular complexity index is 982. The molecule has 0 saturated heterocycles. The minimum Gasteiger partial charge on any atom is -0.389 e. The summed E-state index contributed by atoms with van der Waals surface area (Å²) < 4.78 is 2.17. The van der Waals surface area contributed by atoms with Crippen LogP contribution in [0.3, 0.4) is 0 Å². The molecule has 2 aromatic heterocycles. The van der Waals surface area contributed by atoms with Crippen LogP contribution < -0.4 is 5.32 Å². The molecule has 136 valence electrons. The van der Waals surface area contributed by atoms with Gasteiger partial charge in [-0.05, 0) is 40.8 Å². The fourth-order valence-electron chi connectivity index (χ4n) is 3.54. The van der Waals surface area contributed by atoms with Gasteiger partial charge in [0.15, 0.2) is 0 Å². The van der Waals surface area contributed by atoms with Gasteiger partial charge < -0.3 is 15.0 Å². The van der Waals surface area contributed by atoms with Gasteiger partial charge in [-0.2, -0.15) is 0 Å². The van der Waals surface area contributed by atoms with Crippen LogP contribution in [0.4, 0.5) is 0 Å². The number of benzene rings is 2. The number of nitrogens with one attached hydrogen (secondary N) is 1. The number of para-hydroxylation sites is 1. The third-order valence-corrected chi connectivity index (χ3v) is 4.87. The molecule has 0 saturated carbocycles. The highest BCUT2D eigenvalue weighted by atomic mass is 16.3. The summed E-state index contributed by atoms with van der Waals surface area (Å²) in [6.45, 7) is 1.20. The highest BCUT2D eigenvalue weighted by Gasteiger charge is 2.23. The molecule has 0 aliphatic heterocycles. The molecule has 0 bridgehead atoms. The zero-order valence-electron chi connectivity index (χ0n) is 15.1. The number of pyridine rings is 1. The molecule has 0 fully saturated rings. The molecule has 0 radical (unpaired) electrons. The van der Waals surface area contributed by atoms with E-state index in [0.717, 1.165) is 16.6 Å². The maximum Gasteiger partial charge on any atom is 0.0912 e. The van der Waals surface area contributed by atoms with Gasteiger partial charge in [0.25, 0.3) is 0 Å². The summed E-state index contributed by atoms with van der Waals surface area (Å²) in [6.07, 6.45) is 5.07. The number of aliphatic hydroxyl groups excluding tert-OH is 1. The van der Waals surface area contributed by atoms with Crippen molar-refractivity contribution in [2.45, 2.75) is 18.7 Å². The second-order valence-electron chi connectivity index (χ2n) is 6.69. The van der Waals surface area contributed by atoms with E-state index in [2.05, 4.69) is 51.4 Å². The summed E-state index contributed by atoms with van der Waals surface area (Å²) in [5.74, 6) is 0. The van der Waals surface area contributed by atoms with Gasteiger partial charge in [0.1, 0.15) is 0 Å². The van der Waals surface area contributed by atoms with E-state index >= 15 is 0 Å². The first-order valence-corrected chi connectivity index (χ1v) is 9.21. The Morgan fingerprint density at radius 2 is 1.63 bits per heavy atom. The Kier molecular flexibility index (Phi) is 5.28. The topological polar surface area (TPSA) is 50.1 Å². The molecule has 0 unspecified atom stereocenters. The third-order valence-electron chi connectivity index (χ3n) is 4.87. The van der Waals surface area contributed by atoms with Crippen LogP contribution in [-0.2, 0) is 6.54 Å². The van der Waals surface area contributed by atoms with Crippen LogP contribution in [-0.4, -0.2) is 27.3 Å². The number of aliphatic hydroxyl groups is 1. The van der Waals surface area contributed by atoms with Gasteiger partial charge in [0.2, 0.25) is 0 Å². The number of nitrogens with zero attached hydrogens (tertiary/aromatic N) is 2. The van der Waals surface area contributed by atoms with Crippen LogP contribution in [0.25, 0.3) is 10.9 Å². The number of hydrogen-bond donors (Lipinski definition) is 2. The van der Waals surface area contributed by atoms with Crippen molar-refractivity contribution in [2.75, 3.05) is 6.54 Å². The molecule has 4 aromatic rings. The van der Waals surface area contributed by atoms with Crippen molar-refractivity contribution in [1.82, 2.24) is 14.9 Å². The van der Waals surface area contributed by atoms with Gasteiger partial charge in [-0.15, -0.1) is 0 Å². The molecule has 4 heteroatoms. The molecule has 2 atom stereocenters. The van der Waals surface area contributed by atoms with Crippen LogP contribution in [0.1, 0.15) is 17.2 Å². The van der Waals surface area contributed by atoms with E-state index in [1.54, 1.807) is 12.4 Å². The lowest BCUT2D eigenvalue weighted by atomic mass is 10.0. The largest absolute Gasteiger partial charge is 0.389 e. The fourth-order valence-corrected chi connectivity index (χ4v) is 3.54. The lowest BCUT2D eigenvalue weighted by molar-refractivity contribution is 0.129. The number of aromatic nitrogens is 2. The molecule has 27 heavy (non-hydrogen) atoms. The molecular weight excluding hydrogens is 334 g/mol. The Hall–Kier alpha value is -2.95. The number of rotatable bonds is 7. The molecule has 0 aliphatic carbocycles. The van der Waals surface area contributed by atoms with Crippen molar-refractivity contribution < 1.29 is 5.11 Å². The molecular formula is C23H23N3O. The molecule has 2 N–H and O–H groups in total. The number of hydrogen-bond acceptors (Lipinski definition) is 3. The van der Waals surface area contributed by atoms with E-state index in [-0.39, 0.29) is 6.04 Å². The molecule has 0 amide bonds. The molecule has 0 spiro atoms. The standard InChI is InChI=1S/C23H23N3O/c27-22(17-25-16-18-10-13-24-14-11-18)23(20-7-2-1-3-8-20)26-15-12-19-6-4-5-9-21(19)26/h1-15,22-23,25,27H,16-17H2/t22-,23+/m1/s1. The summed E-state index contributed by atoms with van der Waals surface area (Å²) in [4.78, 5) is 4.04. The molecule has 0 aliphatic rings. The summed E-state index contributed by atoms with van der Waals surface area (Å²) >= 11 is 0. The Morgan fingerprint density at radius 1 is 0.889 bits per heavy atom. The minimum absolute atomic E-state index is 0.156. The SMILES string of the molecule is O[C@H](CNCc1ccncc1)[C@H](c1ccccc1)n1ccc2ccccc21. The normalized spacial score (nSPS) is 13.5. The van der Waals surface area contributed by atoms with E-state index in [0.29, 0.717) is 13.1 Å². The lowest BCUT2D eigenvalue weighted by Crippen LogP contribution is -2.34. The fraction of sp³-hybridized carbons (Fsp3) is 0.174. The van der Waals surface area contributed by atoms with E-state index in [4.69, 9.17) is 0 Å². The van der Waals surface area contributed by atoms with Gasteiger partial charge in [-0.1, -0.05) is 48.5 Å². The average molecular weight is 357 g/mol. The zero-order chi connectivity index (χ0) is 18.5. The van der Waals surface area contributed by atoms with Crippen molar-refractivity contribution in [3.63, 3.8) is 0 Å². The first-order chi connectivity index (χ1) is 13.3. The Balaban J connectivity index is 1.58. The summed E-state index contributed by atoms with van der Waals surface area (Å²) in [7, 11) is 0. The highest BCUT2D eigenvalue weighted by molar-refractivity contribution is 5.80. The quantitative estimate of drug-likeness (QED) is 0.529. The number of fused-ring (bicyclic) bond motifs is 1. The van der Waals surface area contributed by atoms with Gasteiger partial charge in [-0.25, -0.2) is 0 Å². The summed E-state index contributed by atoms with van der Waals surface area (Å²) in [5, 5.41) is 15.6. The Labute approximate surface area is 159 Å². The average Bonchev–Trinajstić information content (AvgIpc) is 3.14. The second-order valence-corrected chi connectivity index (χ2v) is 6.69. The molecule has 4 rings (SSSR count). The van der Waals surface area contributed by atoms with Gasteiger partial charge in [-0.3, -0.25) is 4.98 Å². The van der Waals surface area contributed by atoms with Gasteiger partial charge >= 0.3 is 0 Å². The van der Waals surface area contributed by atoms with E-state index in [1.807, 2.05) is 42.5 Å². The summed E-state index contributed by atoms with van der Waals surface area (Å²) in [6, 6.07) is 24.4. The maximum absolute atomic E-state index is 11.1. The zero-order valence-corrected chi connectivity index (χ0v) is 15.1. The summed E-state index contributed by atoms with van der Waals surface area (Å²) in [5.41, 5.74) is 3.37. The predicted octanol–water partition coefficient (Wildman–Crippen LogP) is 3.78. The first kappa shape index (κ1) is 17.5. The first-order valence-electron chi connectivity index (χ1n) is 9.21. The second kappa shape index (κ2) is 8.16. The van der Waals surface area contributed by atoms with Crippen LogP contribution >= 0.6 is 0 Å². The monoisotopic (exact) mass is 357 g/mol.